The Balaban J connectivity index is 2.24. The maximum atomic E-state index is 12.4. The molecule has 0 aromatic carbocycles. The predicted octanol–water partition coefficient (Wildman–Crippen LogP) is 4.46. The summed E-state index contributed by atoms with van der Waals surface area (Å²) in [4.78, 5) is 1.00. The molecule has 0 amide bonds. The Labute approximate surface area is 137 Å². The third-order valence-corrected chi connectivity index (χ3v) is 8.57. The van der Waals surface area contributed by atoms with Gasteiger partial charge in [-0.05, 0) is 56.5 Å². The molecule has 2 aromatic heterocycles. The number of hydrogen-bond donors (Lipinski definition) is 0. The summed E-state index contributed by atoms with van der Waals surface area (Å²) >= 11 is 9.51. The predicted molar refractivity (Wildman–Crippen MR) is 87.4 cm³/mol. The third-order valence-electron chi connectivity index (χ3n) is 2.50. The van der Waals surface area contributed by atoms with Gasteiger partial charge >= 0.3 is 0 Å². The largest absolute Gasteiger partial charge is 0.252 e. The summed E-state index contributed by atoms with van der Waals surface area (Å²) in [6, 6.07) is 3.64. The van der Waals surface area contributed by atoms with Gasteiger partial charge in [0.1, 0.15) is 4.21 Å². The number of rotatable bonds is 4. The molecule has 2 heterocycles. The standard InChI is InChI=1S/C11H11Br2NO2S3/c1-7-3-10(18-11(7)13)19(15,16)14(2)5-9-4-8(12)6-17-9/h3-4,6H,5H2,1-2H3. The van der Waals surface area contributed by atoms with Gasteiger partial charge in [0.25, 0.3) is 10.0 Å². The highest BCUT2D eigenvalue weighted by Gasteiger charge is 2.24. The van der Waals surface area contributed by atoms with Crippen molar-refractivity contribution in [2.75, 3.05) is 7.05 Å². The maximum absolute atomic E-state index is 12.4. The zero-order valence-electron chi connectivity index (χ0n) is 10.2. The molecule has 0 spiro atoms. The molecule has 0 atom stereocenters. The van der Waals surface area contributed by atoms with Crippen LogP contribution >= 0.6 is 54.5 Å². The van der Waals surface area contributed by atoms with Crippen LogP contribution in [-0.4, -0.2) is 19.8 Å². The first-order chi connectivity index (χ1) is 8.80. The Kier molecular flexibility index (Phi) is 4.90. The van der Waals surface area contributed by atoms with Crippen LogP contribution in [0.25, 0.3) is 0 Å². The molecule has 8 heteroatoms. The van der Waals surface area contributed by atoms with E-state index in [1.807, 2.05) is 18.4 Å². The van der Waals surface area contributed by atoms with Crippen LogP contribution in [0.1, 0.15) is 10.4 Å². The first-order valence-corrected chi connectivity index (χ1v) is 9.98. The zero-order valence-corrected chi connectivity index (χ0v) is 15.8. The van der Waals surface area contributed by atoms with Crippen LogP contribution in [0.2, 0.25) is 0 Å². The summed E-state index contributed by atoms with van der Waals surface area (Å²) < 4.78 is 28.4. The van der Waals surface area contributed by atoms with E-state index in [4.69, 9.17) is 0 Å². The summed E-state index contributed by atoms with van der Waals surface area (Å²) in [6.07, 6.45) is 0. The highest BCUT2D eigenvalue weighted by Crippen LogP contribution is 2.32. The van der Waals surface area contributed by atoms with Crippen LogP contribution < -0.4 is 0 Å². The fourth-order valence-corrected chi connectivity index (χ4v) is 6.63. The summed E-state index contributed by atoms with van der Waals surface area (Å²) in [5.74, 6) is 0. The van der Waals surface area contributed by atoms with E-state index >= 15 is 0 Å². The van der Waals surface area contributed by atoms with E-state index in [0.717, 1.165) is 18.7 Å². The molecular weight excluding hydrogens is 434 g/mol. The number of hydrogen-bond acceptors (Lipinski definition) is 4. The Morgan fingerprint density at radius 2 is 2.00 bits per heavy atom. The molecule has 0 saturated carbocycles. The fraction of sp³-hybridized carbons (Fsp3) is 0.273. The quantitative estimate of drug-likeness (QED) is 0.697. The van der Waals surface area contributed by atoms with E-state index in [0.29, 0.717) is 10.8 Å². The Hall–Kier alpha value is 0.270. The molecule has 2 aromatic rings. The minimum Gasteiger partial charge on any atom is -0.206 e. The Morgan fingerprint density at radius 1 is 1.32 bits per heavy atom. The first kappa shape index (κ1) is 15.7. The van der Waals surface area contributed by atoms with Gasteiger partial charge < -0.3 is 0 Å². The monoisotopic (exact) mass is 443 g/mol. The molecule has 0 unspecified atom stereocenters. The van der Waals surface area contributed by atoms with Crippen molar-refractivity contribution in [1.29, 1.82) is 0 Å². The third kappa shape index (κ3) is 3.48. The molecule has 0 fully saturated rings. The SMILES string of the molecule is Cc1cc(S(=O)(=O)N(C)Cc2cc(Br)cs2)sc1Br. The average molecular weight is 445 g/mol. The lowest BCUT2D eigenvalue weighted by Crippen LogP contribution is -2.25. The zero-order chi connectivity index (χ0) is 14.2. The second-order valence-electron chi connectivity index (χ2n) is 4.01. The molecule has 0 N–H and O–H groups in total. The van der Waals surface area contributed by atoms with Crippen molar-refractivity contribution in [3.8, 4) is 0 Å². The van der Waals surface area contributed by atoms with Gasteiger partial charge in [0.05, 0.1) is 3.79 Å². The number of sulfonamides is 1. The van der Waals surface area contributed by atoms with E-state index in [1.54, 1.807) is 13.1 Å². The molecule has 0 radical (unpaired) electrons. The van der Waals surface area contributed by atoms with Crippen molar-refractivity contribution >= 4 is 64.6 Å². The van der Waals surface area contributed by atoms with Gasteiger partial charge in [-0.1, -0.05) is 0 Å². The second kappa shape index (κ2) is 5.95. The molecular formula is C11H11Br2NO2S3. The van der Waals surface area contributed by atoms with Crippen molar-refractivity contribution in [3.05, 3.63) is 36.2 Å². The molecule has 0 aliphatic carbocycles. The van der Waals surface area contributed by atoms with Crippen molar-refractivity contribution in [3.63, 3.8) is 0 Å². The highest BCUT2D eigenvalue weighted by atomic mass is 79.9. The van der Waals surface area contributed by atoms with E-state index in [1.165, 1.54) is 27.0 Å². The van der Waals surface area contributed by atoms with Gasteiger partial charge in [0, 0.05) is 28.3 Å². The van der Waals surface area contributed by atoms with Crippen LogP contribution in [-0.2, 0) is 16.6 Å². The molecule has 2 rings (SSSR count). The fourth-order valence-electron chi connectivity index (χ4n) is 1.45. The average Bonchev–Trinajstić information content (AvgIpc) is 2.87. The van der Waals surface area contributed by atoms with Gasteiger partial charge in [-0.3, -0.25) is 0 Å². The molecule has 19 heavy (non-hydrogen) atoms. The van der Waals surface area contributed by atoms with Crippen LogP contribution in [0.4, 0.5) is 0 Å². The van der Waals surface area contributed by atoms with E-state index in [9.17, 15) is 8.42 Å². The highest BCUT2D eigenvalue weighted by molar-refractivity contribution is 9.11. The molecule has 0 aliphatic heterocycles. The Morgan fingerprint density at radius 3 is 2.47 bits per heavy atom. The number of aryl methyl sites for hydroxylation is 1. The summed E-state index contributed by atoms with van der Waals surface area (Å²) in [5.41, 5.74) is 0.941. The van der Waals surface area contributed by atoms with Crippen LogP contribution in [0, 0.1) is 6.92 Å². The minimum atomic E-state index is -3.42. The minimum absolute atomic E-state index is 0.370. The smallest absolute Gasteiger partial charge is 0.206 e. The van der Waals surface area contributed by atoms with E-state index < -0.39 is 10.0 Å². The molecule has 3 nitrogen and oxygen atoms in total. The van der Waals surface area contributed by atoms with Crippen molar-refractivity contribution < 1.29 is 8.42 Å². The number of thiophene rings is 2. The van der Waals surface area contributed by atoms with Crippen molar-refractivity contribution in [2.45, 2.75) is 17.7 Å². The lowest BCUT2D eigenvalue weighted by molar-refractivity contribution is 0.471. The molecule has 0 aliphatic rings. The molecule has 104 valence electrons. The van der Waals surface area contributed by atoms with Crippen molar-refractivity contribution in [1.82, 2.24) is 4.31 Å². The molecule has 0 bridgehead atoms. The van der Waals surface area contributed by atoms with E-state index in [-0.39, 0.29) is 0 Å². The molecule has 0 saturated heterocycles. The van der Waals surface area contributed by atoms with Crippen LogP contribution in [0.3, 0.4) is 0 Å². The Bertz CT molecular complexity index is 671. The maximum Gasteiger partial charge on any atom is 0.252 e. The summed E-state index contributed by atoms with van der Waals surface area (Å²) in [5, 5.41) is 1.95. The summed E-state index contributed by atoms with van der Waals surface area (Å²) in [7, 11) is -1.81. The van der Waals surface area contributed by atoms with Gasteiger partial charge in [-0.2, -0.15) is 4.31 Å². The van der Waals surface area contributed by atoms with E-state index in [2.05, 4.69) is 31.9 Å². The number of nitrogens with zero attached hydrogens (tertiary/aromatic N) is 1. The topological polar surface area (TPSA) is 37.4 Å². The van der Waals surface area contributed by atoms with Crippen LogP contribution in [0.5, 0.6) is 0 Å². The van der Waals surface area contributed by atoms with Crippen molar-refractivity contribution in [2.24, 2.45) is 0 Å². The summed E-state index contributed by atoms with van der Waals surface area (Å²) in [6.45, 7) is 2.27. The van der Waals surface area contributed by atoms with Gasteiger partial charge in [0.15, 0.2) is 0 Å². The van der Waals surface area contributed by atoms with Gasteiger partial charge in [-0.25, -0.2) is 8.42 Å². The second-order valence-corrected chi connectivity index (χ2v) is 10.6. The lowest BCUT2D eigenvalue weighted by Gasteiger charge is -2.14. The van der Waals surface area contributed by atoms with Gasteiger partial charge in [0.2, 0.25) is 0 Å². The normalized spacial score (nSPS) is 12.3. The first-order valence-electron chi connectivity index (χ1n) is 5.26. The lowest BCUT2D eigenvalue weighted by atomic mass is 10.4. The number of halogens is 2. The van der Waals surface area contributed by atoms with Gasteiger partial charge in [-0.15, -0.1) is 22.7 Å². The van der Waals surface area contributed by atoms with Crippen LogP contribution in [0.15, 0.2) is 30.0 Å².